The van der Waals surface area contributed by atoms with Crippen LogP contribution in [0.25, 0.3) is 0 Å². The molecule has 4 rings (SSSR count). The summed E-state index contributed by atoms with van der Waals surface area (Å²) in [5.74, 6) is 1.06. The molecule has 0 unspecified atom stereocenters. The molecular weight excluding hydrogens is 382 g/mol. The first kappa shape index (κ1) is 22.8. The Morgan fingerprint density at radius 2 is 1.77 bits per heavy atom. The van der Waals surface area contributed by atoms with E-state index in [0.717, 1.165) is 45.3 Å². The number of nitrogens with zero attached hydrogens (tertiary/aromatic N) is 3. The Kier molecular flexibility index (Phi) is 7.71. The zero-order valence-electron chi connectivity index (χ0n) is 19.9. The zero-order valence-corrected chi connectivity index (χ0v) is 19.9. The molecule has 3 aliphatic heterocycles. The number of carbonyl (C=O) groups is 1. The molecule has 1 amide bonds. The van der Waals surface area contributed by atoms with Crippen LogP contribution in [0.3, 0.4) is 0 Å². The van der Waals surface area contributed by atoms with Crippen molar-refractivity contribution in [2.45, 2.75) is 77.8 Å². The molecule has 1 aromatic carbocycles. The molecule has 172 valence electrons. The summed E-state index contributed by atoms with van der Waals surface area (Å²) < 4.78 is 0. The SMILES string of the molecule is CC(C)CCN1CC[C@@H](N2CCC[C@]3(CCCN(Cc4ccccc4)C3)C2)CCC1=O. The fourth-order valence-electron chi connectivity index (χ4n) is 6.22. The summed E-state index contributed by atoms with van der Waals surface area (Å²) in [7, 11) is 0. The number of amides is 1. The van der Waals surface area contributed by atoms with Crippen LogP contribution in [0.4, 0.5) is 0 Å². The maximum absolute atomic E-state index is 12.7. The van der Waals surface area contributed by atoms with Crippen molar-refractivity contribution < 1.29 is 4.79 Å². The second-order valence-corrected chi connectivity index (χ2v) is 10.9. The fourth-order valence-corrected chi connectivity index (χ4v) is 6.22. The van der Waals surface area contributed by atoms with Crippen LogP contribution >= 0.6 is 0 Å². The number of hydrogen-bond acceptors (Lipinski definition) is 3. The van der Waals surface area contributed by atoms with Crippen LogP contribution in [0.2, 0.25) is 0 Å². The van der Waals surface area contributed by atoms with E-state index in [-0.39, 0.29) is 0 Å². The molecule has 3 fully saturated rings. The third-order valence-electron chi connectivity index (χ3n) is 7.95. The second kappa shape index (κ2) is 10.5. The highest BCUT2D eigenvalue weighted by Gasteiger charge is 2.41. The molecule has 0 saturated carbocycles. The van der Waals surface area contributed by atoms with E-state index in [4.69, 9.17) is 0 Å². The number of benzene rings is 1. The molecule has 3 saturated heterocycles. The lowest BCUT2D eigenvalue weighted by Gasteiger charge is -2.50. The Hall–Kier alpha value is -1.39. The molecule has 3 heterocycles. The lowest BCUT2D eigenvalue weighted by molar-refractivity contribution is -0.130. The van der Waals surface area contributed by atoms with Crippen molar-refractivity contribution in [3.63, 3.8) is 0 Å². The molecule has 2 atom stereocenters. The minimum Gasteiger partial charge on any atom is -0.343 e. The summed E-state index contributed by atoms with van der Waals surface area (Å²) in [6.07, 6.45) is 9.48. The Bertz CT molecular complexity index is 702. The maximum Gasteiger partial charge on any atom is 0.222 e. The minimum atomic E-state index is 0.390. The first-order valence-corrected chi connectivity index (χ1v) is 12.8. The second-order valence-electron chi connectivity index (χ2n) is 10.9. The van der Waals surface area contributed by atoms with Crippen molar-refractivity contribution in [2.75, 3.05) is 39.3 Å². The molecule has 0 radical (unpaired) electrons. The summed E-state index contributed by atoms with van der Waals surface area (Å²) in [4.78, 5) is 20.3. The minimum absolute atomic E-state index is 0.390. The third-order valence-corrected chi connectivity index (χ3v) is 7.95. The normalized spacial score (nSPS) is 28.9. The molecule has 4 nitrogen and oxygen atoms in total. The predicted octanol–water partition coefficient (Wildman–Crippen LogP) is 4.79. The van der Waals surface area contributed by atoms with Gasteiger partial charge in [0.2, 0.25) is 5.91 Å². The van der Waals surface area contributed by atoms with Crippen LogP contribution in [0, 0.1) is 11.3 Å². The smallest absolute Gasteiger partial charge is 0.222 e. The van der Waals surface area contributed by atoms with Crippen molar-refractivity contribution in [3.8, 4) is 0 Å². The standard InChI is InChI=1S/C27H43N3O/c1-23(2)12-18-29-19-13-25(10-11-26(29)31)30-17-7-15-27(22-30)14-6-16-28(21-27)20-24-8-4-3-5-9-24/h3-5,8-9,23,25H,6-7,10-22H2,1-2H3/t25-,27-/m0/s1. The highest BCUT2D eigenvalue weighted by molar-refractivity contribution is 5.76. The number of carbonyl (C=O) groups excluding carboxylic acids is 1. The van der Waals surface area contributed by atoms with Gasteiger partial charge in [0.25, 0.3) is 0 Å². The molecule has 1 aromatic rings. The Morgan fingerprint density at radius 1 is 1.00 bits per heavy atom. The summed E-state index contributed by atoms with van der Waals surface area (Å²) in [6, 6.07) is 11.6. The summed E-state index contributed by atoms with van der Waals surface area (Å²) in [5, 5.41) is 0. The maximum atomic E-state index is 12.7. The lowest BCUT2D eigenvalue weighted by Crippen LogP contribution is -2.54. The number of piperidine rings is 2. The summed E-state index contributed by atoms with van der Waals surface area (Å²) in [6.45, 7) is 12.4. The monoisotopic (exact) mass is 425 g/mol. The van der Waals surface area contributed by atoms with Crippen molar-refractivity contribution in [3.05, 3.63) is 35.9 Å². The number of hydrogen-bond donors (Lipinski definition) is 0. The van der Waals surface area contributed by atoms with Gasteiger partial charge in [0.1, 0.15) is 0 Å². The Balaban J connectivity index is 1.35. The lowest BCUT2D eigenvalue weighted by atomic mass is 9.73. The first-order chi connectivity index (χ1) is 15.0. The van der Waals surface area contributed by atoms with E-state index < -0.39 is 0 Å². The van der Waals surface area contributed by atoms with E-state index in [1.54, 1.807) is 0 Å². The van der Waals surface area contributed by atoms with E-state index in [2.05, 4.69) is 58.9 Å². The molecule has 3 aliphatic rings. The first-order valence-electron chi connectivity index (χ1n) is 12.8. The van der Waals surface area contributed by atoms with E-state index >= 15 is 0 Å². The van der Waals surface area contributed by atoms with Crippen LogP contribution in [-0.4, -0.2) is 65.9 Å². The van der Waals surface area contributed by atoms with Gasteiger partial charge in [-0.2, -0.15) is 0 Å². The van der Waals surface area contributed by atoms with Crippen LogP contribution in [0.5, 0.6) is 0 Å². The van der Waals surface area contributed by atoms with Crippen molar-refractivity contribution in [1.82, 2.24) is 14.7 Å². The zero-order chi connectivity index (χ0) is 21.7. The molecule has 4 heteroatoms. The highest BCUT2D eigenvalue weighted by Crippen LogP contribution is 2.40. The molecule has 0 N–H and O–H groups in total. The molecule has 0 bridgehead atoms. The van der Waals surface area contributed by atoms with E-state index in [1.165, 1.54) is 57.4 Å². The van der Waals surface area contributed by atoms with E-state index in [0.29, 0.717) is 23.3 Å². The summed E-state index contributed by atoms with van der Waals surface area (Å²) >= 11 is 0. The molecule has 0 aliphatic carbocycles. The summed E-state index contributed by atoms with van der Waals surface area (Å²) in [5.41, 5.74) is 1.90. The van der Waals surface area contributed by atoms with E-state index in [9.17, 15) is 4.79 Å². The third kappa shape index (κ3) is 6.10. The largest absolute Gasteiger partial charge is 0.343 e. The average molecular weight is 426 g/mol. The number of rotatable bonds is 6. The molecular formula is C27H43N3O. The van der Waals surface area contributed by atoms with Crippen molar-refractivity contribution in [1.29, 1.82) is 0 Å². The van der Waals surface area contributed by atoms with Gasteiger partial charge in [-0.15, -0.1) is 0 Å². The van der Waals surface area contributed by atoms with Gasteiger partial charge in [-0.3, -0.25) is 14.6 Å². The van der Waals surface area contributed by atoms with Gasteiger partial charge in [0.15, 0.2) is 0 Å². The Morgan fingerprint density at radius 3 is 2.55 bits per heavy atom. The van der Waals surface area contributed by atoms with Crippen LogP contribution in [0.1, 0.15) is 70.8 Å². The van der Waals surface area contributed by atoms with Gasteiger partial charge in [-0.1, -0.05) is 44.2 Å². The van der Waals surface area contributed by atoms with Gasteiger partial charge in [0.05, 0.1) is 0 Å². The van der Waals surface area contributed by atoms with Gasteiger partial charge in [0, 0.05) is 45.2 Å². The van der Waals surface area contributed by atoms with Gasteiger partial charge >= 0.3 is 0 Å². The van der Waals surface area contributed by atoms with E-state index in [1.807, 2.05) is 0 Å². The topological polar surface area (TPSA) is 26.8 Å². The van der Waals surface area contributed by atoms with Gasteiger partial charge < -0.3 is 4.90 Å². The molecule has 0 aromatic heterocycles. The highest BCUT2D eigenvalue weighted by atomic mass is 16.2. The fraction of sp³-hybridized carbons (Fsp3) is 0.741. The van der Waals surface area contributed by atoms with Crippen LogP contribution < -0.4 is 0 Å². The quantitative estimate of drug-likeness (QED) is 0.655. The van der Waals surface area contributed by atoms with Crippen molar-refractivity contribution in [2.24, 2.45) is 11.3 Å². The van der Waals surface area contributed by atoms with Crippen molar-refractivity contribution >= 4 is 5.91 Å². The number of likely N-dealkylation sites (tertiary alicyclic amines) is 3. The average Bonchev–Trinajstić information content (AvgIpc) is 2.94. The van der Waals surface area contributed by atoms with Gasteiger partial charge in [-0.05, 0) is 74.9 Å². The van der Waals surface area contributed by atoms with Gasteiger partial charge in [-0.25, -0.2) is 0 Å². The molecule has 1 spiro atoms. The van der Waals surface area contributed by atoms with Crippen LogP contribution in [-0.2, 0) is 11.3 Å². The van der Waals surface area contributed by atoms with Crippen LogP contribution in [0.15, 0.2) is 30.3 Å². The predicted molar refractivity (Wildman–Crippen MR) is 128 cm³/mol. The Labute approximate surface area is 190 Å². The molecule has 31 heavy (non-hydrogen) atoms.